The molecule has 9 heteroatoms. The maximum Gasteiger partial charge on any atom is 0.271 e. The van der Waals surface area contributed by atoms with Gasteiger partial charge in [-0.1, -0.05) is 6.07 Å². The van der Waals surface area contributed by atoms with Crippen molar-refractivity contribution in [3.63, 3.8) is 0 Å². The van der Waals surface area contributed by atoms with Gasteiger partial charge in [0, 0.05) is 64.4 Å². The molecule has 29 heavy (non-hydrogen) atoms. The van der Waals surface area contributed by atoms with Gasteiger partial charge in [0.2, 0.25) is 11.8 Å². The fourth-order valence-electron chi connectivity index (χ4n) is 3.37. The molecule has 0 atom stereocenters. The fourth-order valence-corrected chi connectivity index (χ4v) is 3.37. The molecule has 160 valence electrons. The van der Waals surface area contributed by atoms with E-state index >= 15 is 0 Å². The van der Waals surface area contributed by atoms with E-state index in [2.05, 4.69) is 15.1 Å². The molecule has 1 aliphatic rings. The number of benzene rings is 1. The van der Waals surface area contributed by atoms with E-state index in [4.69, 9.17) is 0 Å². The zero-order chi connectivity index (χ0) is 21.4. The van der Waals surface area contributed by atoms with E-state index in [9.17, 15) is 19.7 Å². The Kier molecular flexibility index (Phi) is 8.53. The summed E-state index contributed by atoms with van der Waals surface area (Å²) in [6.45, 7) is 11.5. The highest BCUT2D eigenvalue weighted by Gasteiger charge is 2.21. The second-order valence-corrected chi connectivity index (χ2v) is 7.24. The largest absolute Gasteiger partial charge is 0.342 e. The lowest BCUT2D eigenvalue weighted by Crippen LogP contribution is -2.50. The van der Waals surface area contributed by atoms with Gasteiger partial charge in [-0.05, 0) is 26.3 Å². The lowest BCUT2D eigenvalue weighted by Gasteiger charge is -2.35. The van der Waals surface area contributed by atoms with Crippen molar-refractivity contribution in [2.45, 2.75) is 27.2 Å². The maximum atomic E-state index is 12.3. The topological polar surface area (TPSA) is 99.0 Å². The molecule has 9 nitrogen and oxygen atoms in total. The van der Waals surface area contributed by atoms with E-state index in [1.54, 1.807) is 13.0 Å². The minimum absolute atomic E-state index is 0.0405. The Morgan fingerprint density at radius 2 is 1.76 bits per heavy atom. The zero-order valence-corrected chi connectivity index (χ0v) is 17.5. The lowest BCUT2D eigenvalue weighted by molar-refractivity contribution is -0.384. The van der Waals surface area contributed by atoms with Gasteiger partial charge in [0.15, 0.2) is 0 Å². The van der Waals surface area contributed by atoms with Crippen LogP contribution in [-0.2, 0) is 9.59 Å². The number of hydrogen-bond acceptors (Lipinski definition) is 6. The van der Waals surface area contributed by atoms with Crippen molar-refractivity contribution in [1.82, 2.24) is 14.7 Å². The number of nitrogens with zero attached hydrogens (tertiary/aromatic N) is 4. The molecule has 0 radical (unpaired) electrons. The van der Waals surface area contributed by atoms with E-state index in [1.807, 2.05) is 18.7 Å². The van der Waals surface area contributed by atoms with E-state index in [-0.39, 0.29) is 17.5 Å². The molecule has 0 unspecified atom stereocenters. The minimum atomic E-state index is -0.473. The highest BCUT2D eigenvalue weighted by Crippen LogP contribution is 2.22. The van der Waals surface area contributed by atoms with Crippen molar-refractivity contribution in [1.29, 1.82) is 0 Å². The summed E-state index contributed by atoms with van der Waals surface area (Å²) in [6.07, 6.45) is 0.320. The van der Waals surface area contributed by atoms with E-state index in [0.29, 0.717) is 25.2 Å². The van der Waals surface area contributed by atoms with Crippen LogP contribution in [0.2, 0.25) is 0 Å². The fraction of sp³-hybridized carbons (Fsp3) is 0.600. The quantitative estimate of drug-likeness (QED) is 0.496. The van der Waals surface area contributed by atoms with Crippen LogP contribution >= 0.6 is 0 Å². The summed E-state index contributed by atoms with van der Waals surface area (Å²) in [4.78, 5) is 41.1. The summed E-state index contributed by atoms with van der Waals surface area (Å²) in [5.41, 5.74) is 1.22. The van der Waals surface area contributed by atoms with Crippen LogP contribution in [-0.4, -0.2) is 83.8 Å². The van der Waals surface area contributed by atoms with Gasteiger partial charge in [-0.2, -0.15) is 0 Å². The van der Waals surface area contributed by atoms with Gasteiger partial charge < -0.3 is 15.1 Å². The molecule has 1 aliphatic heterocycles. The van der Waals surface area contributed by atoms with E-state index in [0.717, 1.165) is 44.8 Å². The average molecular weight is 405 g/mol. The number of nitro groups is 1. The monoisotopic (exact) mass is 405 g/mol. The number of likely N-dealkylation sites (N-methyl/N-ethyl adjacent to an activating group) is 1. The van der Waals surface area contributed by atoms with Crippen LogP contribution in [0.15, 0.2) is 18.2 Å². The van der Waals surface area contributed by atoms with E-state index in [1.165, 1.54) is 12.1 Å². The predicted molar refractivity (Wildman–Crippen MR) is 112 cm³/mol. The molecule has 1 fully saturated rings. The highest BCUT2D eigenvalue weighted by molar-refractivity contribution is 5.92. The first-order valence-electron chi connectivity index (χ1n) is 10.1. The SMILES string of the molecule is CCN(CC)C(=O)CN1CCN(CCC(=O)Nc2cc([N+](=O)[O-])ccc2C)CC1. The first-order chi connectivity index (χ1) is 13.8. The Balaban J connectivity index is 1.75. The van der Waals surface area contributed by atoms with Crippen molar-refractivity contribution in [2.75, 3.05) is 57.7 Å². The zero-order valence-electron chi connectivity index (χ0n) is 17.5. The van der Waals surface area contributed by atoms with Gasteiger partial charge in [-0.15, -0.1) is 0 Å². The van der Waals surface area contributed by atoms with Crippen molar-refractivity contribution in [3.8, 4) is 0 Å². The molecular weight excluding hydrogens is 374 g/mol. The van der Waals surface area contributed by atoms with Crippen LogP contribution in [0.5, 0.6) is 0 Å². The number of nitro benzene ring substituents is 1. The normalized spacial score (nSPS) is 15.1. The Morgan fingerprint density at radius 1 is 1.14 bits per heavy atom. The van der Waals surface area contributed by atoms with Gasteiger partial charge >= 0.3 is 0 Å². The summed E-state index contributed by atoms with van der Waals surface area (Å²) >= 11 is 0. The van der Waals surface area contributed by atoms with Crippen LogP contribution in [0.25, 0.3) is 0 Å². The highest BCUT2D eigenvalue weighted by atomic mass is 16.6. The number of anilines is 1. The number of carbonyl (C=O) groups excluding carboxylic acids is 2. The van der Waals surface area contributed by atoms with Crippen molar-refractivity contribution in [2.24, 2.45) is 0 Å². The molecule has 0 bridgehead atoms. The number of nitrogens with one attached hydrogen (secondary N) is 1. The van der Waals surface area contributed by atoms with Crippen LogP contribution in [0, 0.1) is 17.0 Å². The van der Waals surface area contributed by atoms with Gasteiger partial charge in [0.05, 0.1) is 17.2 Å². The van der Waals surface area contributed by atoms with Gasteiger partial charge in [0.25, 0.3) is 5.69 Å². The molecule has 0 spiro atoms. The van der Waals surface area contributed by atoms with Crippen molar-refractivity contribution in [3.05, 3.63) is 33.9 Å². The van der Waals surface area contributed by atoms with Crippen molar-refractivity contribution >= 4 is 23.2 Å². The third-order valence-electron chi connectivity index (χ3n) is 5.30. The smallest absolute Gasteiger partial charge is 0.271 e. The molecular formula is C20H31N5O4. The minimum Gasteiger partial charge on any atom is -0.342 e. The Hall–Kier alpha value is -2.52. The Bertz CT molecular complexity index is 728. The molecule has 1 aromatic rings. The number of non-ortho nitro benzene ring substituents is 1. The molecule has 0 saturated carbocycles. The third kappa shape index (κ3) is 6.79. The number of hydrogen-bond donors (Lipinski definition) is 1. The third-order valence-corrected chi connectivity index (χ3v) is 5.30. The second kappa shape index (κ2) is 10.9. The molecule has 2 amide bonds. The van der Waals surface area contributed by atoms with Gasteiger partial charge in [-0.25, -0.2) is 0 Å². The van der Waals surface area contributed by atoms with Gasteiger partial charge in [-0.3, -0.25) is 24.6 Å². The first-order valence-corrected chi connectivity index (χ1v) is 10.1. The average Bonchev–Trinajstić information content (AvgIpc) is 2.70. The Labute approximate surface area is 171 Å². The molecule has 0 aromatic heterocycles. The first kappa shape index (κ1) is 22.8. The summed E-state index contributed by atoms with van der Waals surface area (Å²) in [5.74, 6) is 0.00268. The molecule has 1 N–H and O–H groups in total. The van der Waals surface area contributed by atoms with Crippen LogP contribution < -0.4 is 5.32 Å². The van der Waals surface area contributed by atoms with Crippen LogP contribution in [0.1, 0.15) is 25.8 Å². The number of carbonyl (C=O) groups is 2. The summed E-state index contributed by atoms with van der Waals surface area (Å²) in [5, 5.41) is 13.7. The number of piperazine rings is 1. The van der Waals surface area contributed by atoms with Gasteiger partial charge in [0.1, 0.15) is 0 Å². The van der Waals surface area contributed by atoms with Crippen molar-refractivity contribution < 1.29 is 14.5 Å². The molecule has 0 aliphatic carbocycles. The molecule has 1 heterocycles. The van der Waals surface area contributed by atoms with Crippen LogP contribution in [0.3, 0.4) is 0 Å². The summed E-state index contributed by atoms with van der Waals surface area (Å²) in [7, 11) is 0. The Morgan fingerprint density at radius 3 is 2.34 bits per heavy atom. The van der Waals surface area contributed by atoms with Crippen LogP contribution in [0.4, 0.5) is 11.4 Å². The lowest BCUT2D eigenvalue weighted by atomic mass is 10.1. The maximum absolute atomic E-state index is 12.3. The number of amides is 2. The summed E-state index contributed by atoms with van der Waals surface area (Å²) in [6, 6.07) is 4.45. The number of rotatable bonds is 9. The second-order valence-electron chi connectivity index (χ2n) is 7.24. The standard InChI is InChI=1S/C20H31N5O4/c1-4-24(5-2)20(27)15-23-12-10-22(11-13-23)9-8-19(26)21-18-14-17(25(28)29)7-6-16(18)3/h6-7,14H,4-5,8-13,15H2,1-3H3,(H,21,26). The molecule has 1 saturated heterocycles. The number of aryl methyl sites for hydroxylation is 1. The summed E-state index contributed by atoms with van der Waals surface area (Å²) < 4.78 is 0. The van der Waals surface area contributed by atoms with E-state index < -0.39 is 4.92 Å². The predicted octanol–water partition coefficient (Wildman–Crippen LogP) is 1.72. The molecule has 2 rings (SSSR count). The molecule has 1 aromatic carbocycles.